The summed E-state index contributed by atoms with van der Waals surface area (Å²) in [6.07, 6.45) is 3.44. The van der Waals surface area contributed by atoms with Gasteiger partial charge < -0.3 is 9.62 Å². The zero-order valence-corrected chi connectivity index (χ0v) is 10.1. The molecule has 0 fully saturated rings. The number of aromatic nitrogens is 1. The molecule has 88 valence electrons. The minimum absolute atomic E-state index is 0.559. The second-order valence-corrected chi connectivity index (χ2v) is 3.91. The highest BCUT2D eigenvalue weighted by Crippen LogP contribution is 2.30. The first kappa shape index (κ1) is 11.4. The number of rotatable bonds is 2. The van der Waals surface area contributed by atoms with Crippen LogP contribution in [0.5, 0.6) is 0 Å². The first-order valence-electron chi connectivity index (χ1n) is 5.34. The Morgan fingerprint density at radius 3 is 2.53 bits per heavy atom. The van der Waals surface area contributed by atoms with Gasteiger partial charge in [-0.05, 0) is 32.9 Å². The fourth-order valence-electron chi connectivity index (χ4n) is 2.01. The van der Waals surface area contributed by atoms with Gasteiger partial charge in [0.1, 0.15) is 11.5 Å². The van der Waals surface area contributed by atoms with Gasteiger partial charge in [-0.3, -0.25) is 4.98 Å². The molecular weight excluding hydrogens is 216 g/mol. The van der Waals surface area contributed by atoms with Crippen LogP contribution >= 0.6 is 0 Å². The number of pyridine rings is 1. The Bertz CT molecular complexity index is 556. The van der Waals surface area contributed by atoms with Gasteiger partial charge in [-0.2, -0.15) is 0 Å². The van der Waals surface area contributed by atoms with Crippen molar-refractivity contribution in [3.63, 3.8) is 0 Å². The minimum atomic E-state index is 0.559. The molecule has 2 heterocycles. The maximum Gasteiger partial charge on any atom is 0.137 e. The molecule has 0 radical (unpaired) electrons. The summed E-state index contributed by atoms with van der Waals surface area (Å²) >= 11 is 0. The molecule has 2 rings (SSSR count). The van der Waals surface area contributed by atoms with Crippen LogP contribution in [0.15, 0.2) is 34.1 Å². The van der Waals surface area contributed by atoms with Crippen molar-refractivity contribution in [1.29, 1.82) is 0 Å². The average molecular weight is 230 g/mol. The first-order valence-corrected chi connectivity index (χ1v) is 5.34. The Morgan fingerprint density at radius 2 is 1.94 bits per heavy atom. The molecular formula is C13H14N2O2. The number of nitrogens with zero attached hydrogens (tertiary/aromatic N) is 2. The maximum absolute atomic E-state index is 8.85. The van der Waals surface area contributed by atoms with Gasteiger partial charge in [-0.25, -0.2) is 0 Å². The van der Waals surface area contributed by atoms with Gasteiger partial charge in [0.2, 0.25) is 0 Å². The van der Waals surface area contributed by atoms with E-state index < -0.39 is 0 Å². The quantitative estimate of drug-likeness (QED) is 0.489. The second kappa shape index (κ2) is 4.41. The van der Waals surface area contributed by atoms with Crippen molar-refractivity contribution in [2.45, 2.75) is 20.8 Å². The fraction of sp³-hybridized carbons (Fsp3) is 0.231. The lowest BCUT2D eigenvalue weighted by Crippen LogP contribution is -1.97. The molecule has 0 aliphatic rings. The van der Waals surface area contributed by atoms with E-state index in [9.17, 15) is 0 Å². The topological polar surface area (TPSA) is 58.6 Å². The van der Waals surface area contributed by atoms with Gasteiger partial charge in [0.25, 0.3) is 0 Å². The van der Waals surface area contributed by atoms with E-state index in [4.69, 9.17) is 9.62 Å². The van der Waals surface area contributed by atoms with E-state index in [2.05, 4.69) is 10.1 Å². The summed E-state index contributed by atoms with van der Waals surface area (Å²) in [7, 11) is 0. The van der Waals surface area contributed by atoms with Crippen LogP contribution < -0.4 is 0 Å². The van der Waals surface area contributed by atoms with Crippen LogP contribution in [0.1, 0.15) is 23.8 Å². The molecule has 17 heavy (non-hydrogen) atoms. The lowest BCUT2D eigenvalue weighted by Gasteiger charge is -1.99. The van der Waals surface area contributed by atoms with Gasteiger partial charge in [0, 0.05) is 29.1 Å². The van der Waals surface area contributed by atoms with Crippen molar-refractivity contribution in [3.8, 4) is 11.3 Å². The summed E-state index contributed by atoms with van der Waals surface area (Å²) in [5.74, 6) is 1.55. The SMILES string of the molecule is CC(=NO)c1c(C)oc(-c2ccncc2)c1C. The number of aryl methyl sites for hydroxylation is 1. The Morgan fingerprint density at radius 1 is 1.29 bits per heavy atom. The summed E-state index contributed by atoms with van der Waals surface area (Å²) in [5.41, 5.74) is 3.37. The van der Waals surface area contributed by atoms with E-state index in [1.807, 2.05) is 26.0 Å². The van der Waals surface area contributed by atoms with Gasteiger partial charge in [0.05, 0.1) is 5.71 Å². The predicted octanol–water partition coefficient (Wildman–Crippen LogP) is 3.16. The molecule has 1 N–H and O–H groups in total. The lowest BCUT2D eigenvalue weighted by atomic mass is 10.0. The normalized spacial score (nSPS) is 11.8. The Hall–Kier alpha value is -2.10. The number of hydrogen-bond acceptors (Lipinski definition) is 4. The van der Waals surface area contributed by atoms with E-state index in [1.165, 1.54) is 0 Å². The summed E-state index contributed by atoms with van der Waals surface area (Å²) in [6.45, 7) is 5.57. The molecule has 0 unspecified atom stereocenters. The summed E-state index contributed by atoms with van der Waals surface area (Å²) < 4.78 is 5.73. The number of oxime groups is 1. The molecule has 0 atom stereocenters. The zero-order chi connectivity index (χ0) is 12.4. The molecule has 4 nitrogen and oxygen atoms in total. The van der Waals surface area contributed by atoms with Crippen molar-refractivity contribution in [2.24, 2.45) is 5.16 Å². The Kier molecular flexibility index (Phi) is 2.95. The molecule has 0 aliphatic heterocycles. The molecule has 2 aromatic rings. The highest BCUT2D eigenvalue weighted by Gasteiger charge is 2.17. The van der Waals surface area contributed by atoms with Gasteiger partial charge in [0.15, 0.2) is 0 Å². The molecule has 0 spiro atoms. The Balaban J connectivity index is 2.60. The van der Waals surface area contributed by atoms with E-state index in [0.29, 0.717) is 5.71 Å². The van der Waals surface area contributed by atoms with Crippen LogP contribution in [0, 0.1) is 13.8 Å². The lowest BCUT2D eigenvalue weighted by molar-refractivity contribution is 0.319. The minimum Gasteiger partial charge on any atom is -0.460 e. The summed E-state index contributed by atoms with van der Waals surface area (Å²) in [6, 6.07) is 3.78. The van der Waals surface area contributed by atoms with Crippen molar-refractivity contribution in [2.75, 3.05) is 0 Å². The monoisotopic (exact) mass is 230 g/mol. The van der Waals surface area contributed by atoms with Crippen molar-refractivity contribution in [1.82, 2.24) is 4.98 Å². The van der Waals surface area contributed by atoms with E-state index >= 15 is 0 Å². The average Bonchev–Trinajstić information content (AvgIpc) is 2.65. The Labute approximate surface area is 99.6 Å². The highest BCUT2D eigenvalue weighted by atomic mass is 16.4. The van der Waals surface area contributed by atoms with Gasteiger partial charge >= 0.3 is 0 Å². The molecule has 0 bridgehead atoms. The largest absolute Gasteiger partial charge is 0.460 e. The highest BCUT2D eigenvalue weighted by molar-refractivity contribution is 6.01. The van der Waals surface area contributed by atoms with Crippen molar-refractivity contribution < 1.29 is 9.62 Å². The summed E-state index contributed by atoms with van der Waals surface area (Å²) in [5, 5.41) is 12.1. The van der Waals surface area contributed by atoms with Crippen molar-refractivity contribution in [3.05, 3.63) is 41.4 Å². The standard InChI is InChI=1S/C13H14N2O2/c1-8-12(9(2)15-16)10(3)17-13(8)11-4-6-14-7-5-11/h4-7,16H,1-3H3. The van der Waals surface area contributed by atoms with Crippen LogP contribution in [0.2, 0.25) is 0 Å². The molecule has 4 heteroatoms. The van der Waals surface area contributed by atoms with Gasteiger partial charge in [-0.1, -0.05) is 5.16 Å². The third-order valence-corrected chi connectivity index (χ3v) is 2.78. The molecule has 0 saturated carbocycles. The third kappa shape index (κ3) is 1.93. The van der Waals surface area contributed by atoms with Crippen LogP contribution in [0.4, 0.5) is 0 Å². The molecule has 0 amide bonds. The van der Waals surface area contributed by atoms with Crippen LogP contribution in [-0.2, 0) is 0 Å². The van der Waals surface area contributed by atoms with E-state index in [0.717, 1.165) is 28.2 Å². The van der Waals surface area contributed by atoms with E-state index in [1.54, 1.807) is 19.3 Å². The number of hydrogen-bond donors (Lipinski definition) is 1. The molecule has 0 aromatic carbocycles. The third-order valence-electron chi connectivity index (χ3n) is 2.78. The van der Waals surface area contributed by atoms with Crippen LogP contribution in [0.25, 0.3) is 11.3 Å². The molecule has 2 aromatic heterocycles. The van der Waals surface area contributed by atoms with Gasteiger partial charge in [-0.15, -0.1) is 0 Å². The van der Waals surface area contributed by atoms with Crippen LogP contribution in [-0.4, -0.2) is 15.9 Å². The summed E-state index contributed by atoms with van der Waals surface area (Å²) in [4.78, 5) is 3.98. The smallest absolute Gasteiger partial charge is 0.137 e. The first-order chi connectivity index (χ1) is 8.15. The molecule has 0 aliphatic carbocycles. The zero-order valence-electron chi connectivity index (χ0n) is 10.1. The van der Waals surface area contributed by atoms with E-state index in [-0.39, 0.29) is 0 Å². The fourth-order valence-corrected chi connectivity index (χ4v) is 2.01. The van der Waals surface area contributed by atoms with Crippen molar-refractivity contribution >= 4 is 5.71 Å². The second-order valence-electron chi connectivity index (χ2n) is 3.91. The maximum atomic E-state index is 8.85. The molecule has 0 saturated heterocycles. The predicted molar refractivity (Wildman–Crippen MR) is 65.4 cm³/mol. The number of furan rings is 1. The van der Waals surface area contributed by atoms with Crippen LogP contribution in [0.3, 0.4) is 0 Å².